The lowest BCUT2D eigenvalue weighted by Crippen LogP contribution is -2.12. The molecular formula is C22H20FN7O3S. The maximum Gasteiger partial charge on any atom is 0.223 e. The number of anilines is 1. The molecule has 0 spiro atoms. The van der Waals surface area contributed by atoms with Crippen molar-refractivity contribution < 1.29 is 17.5 Å². The lowest BCUT2D eigenvalue weighted by atomic mass is 9.97. The number of nitrogens with one attached hydrogen (secondary N) is 2. The minimum Gasteiger partial charge on any atom is -0.493 e. The second kappa shape index (κ2) is 9.03. The van der Waals surface area contributed by atoms with Crippen LogP contribution < -0.4 is 10.1 Å². The quantitative estimate of drug-likeness (QED) is 0.378. The Hall–Kier alpha value is -4.11. The molecule has 0 aliphatic carbocycles. The Bertz CT molecular complexity index is 1530. The van der Waals surface area contributed by atoms with Crippen LogP contribution in [0.15, 0.2) is 42.1 Å². The van der Waals surface area contributed by atoms with Crippen LogP contribution in [-0.2, 0) is 9.84 Å². The topological polar surface area (TPSA) is 127 Å². The monoisotopic (exact) mass is 481 g/mol. The van der Waals surface area contributed by atoms with Gasteiger partial charge in [-0.1, -0.05) is 0 Å². The van der Waals surface area contributed by atoms with Crippen LogP contribution in [0.4, 0.5) is 15.9 Å². The van der Waals surface area contributed by atoms with Gasteiger partial charge in [-0.25, -0.2) is 32.6 Å². The smallest absolute Gasteiger partial charge is 0.223 e. The van der Waals surface area contributed by atoms with Crippen LogP contribution in [0.5, 0.6) is 5.75 Å². The van der Waals surface area contributed by atoms with Crippen LogP contribution >= 0.6 is 0 Å². The number of aromatic nitrogens is 5. The van der Waals surface area contributed by atoms with Gasteiger partial charge in [0.1, 0.15) is 23.4 Å². The third-order valence-corrected chi connectivity index (χ3v) is 6.19. The highest BCUT2D eigenvalue weighted by atomic mass is 32.2. The highest BCUT2D eigenvalue weighted by Gasteiger charge is 2.25. The minimum atomic E-state index is -3.59. The Morgan fingerprint density at radius 2 is 2.06 bits per heavy atom. The molecule has 0 saturated carbocycles. The van der Waals surface area contributed by atoms with Crippen LogP contribution in [0.2, 0.25) is 0 Å². The first-order valence-corrected chi connectivity index (χ1v) is 12.1. The fourth-order valence-electron chi connectivity index (χ4n) is 3.52. The number of hydrogen-bond acceptors (Lipinski definition) is 8. The minimum absolute atomic E-state index is 0.0358. The highest BCUT2D eigenvalue weighted by molar-refractivity contribution is 7.90. The van der Waals surface area contributed by atoms with Gasteiger partial charge in [0.2, 0.25) is 5.69 Å². The van der Waals surface area contributed by atoms with E-state index < -0.39 is 21.7 Å². The lowest BCUT2D eigenvalue weighted by Gasteiger charge is -2.22. The van der Waals surface area contributed by atoms with Crippen LogP contribution in [0.3, 0.4) is 0 Å². The molecule has 0 aliphatic rings. The van der Waals surface area contributed by atoms with Crippen molar-refractivity contribution in [1.82, 2.24) is 24.9 Å². The molecule has 0 aliphatic heterocycles. The van der Waals surface area contributed by atoms with Crippen molar-refractivity contribution in [3.63, 3.8) is 0 Å². The Kier molecular flexibility index (Phi) is 6.12. The molecule has 1 unspecified atom stereocenters. The number of benzene rings is 1. The molecule has 0 bridgehead atoms. The van der Waals surface area contributed by atoms with E-state index in [0.29, 0.717) is 22.5 Å². The van der Waals surface area contributed by atoms with Crippen molar-refractivity contribution in [2.24, 2.45) is 0 Å². The maximum absolute atomic E-state index is 15.5. The number of fused-ring (bicyclic) bond motifs is 1. The van der Waals surface area contributed by atoms with Crippen molar-refractivity contribution in [2.45, 2.75) is 24.8 Å². The largest absolute Gasteiger partial charge is 0.493 e. The summed E-state index contributed by atoms with van der Waals surface area (Å²) in [6.45, 7) is 11.2. The molecular weight excluding hydrogens is 461 g/mol. The Labute approximate surface area is 195 Å². The summed E-state index contributed by atoms with van der Waals surface area (Å²) in [4.78, 5) is 22.7. The Morgan fingerprint density at radius 1 is 1.26 bits per heavy atom. The normalized spacial score (nSPS) is 12.3. The van der Waals surface area contributed by atoms with Gasteiger partial charge in [0, 0.05) is 29.8 Å². The van der Waals surface area contributed by atoms with Gasteiger partial charge in [0.15, 0.2) is 21.3 Å². The van der Waals surface area contributed by atoms with Gasteiger partial charge in [0.25, 0.3) is 0 Å². The van der Waals surface area contributed by atoms with Crippen molar-refractivity contribution in [2.75, 3.05) is 18.2 Å². The van der Waals surface area contributed by atoms with Gasteiger partial charge in [-0.05, 0) is 26.0 Å². The number of nitrogens with zero attached hydrogens (tertiary/aromatic N) is 5. The first-order valence-electron chi connectivity index (χ1n) is 10.2. The molecule has 0 radical (unpaired) electrons. The molecule has 4 aromatic rings. The van der Waals surface area contributed by atoms with E-state index in [1.807, 2.05) is 6.92 Å². The molecule has 4 rings (SSSR count). The van der Waals surface area contributed by atoms with E-state index in [9.17, 15) is 8.42 Å². The van der Waals surface area contributed by atoms with Gasteiger partial charge >= 0.3 is 0 Å². The van der Waals surface area contributed by atoms with Gasteiger partial charge in [-0.15, -0.1) is 0 Å². The number of ether oxygens (including phenoxy) is 1. The van der Waals surface area contributed by atoms with Crippen LogP contribution in [0, 0.1) is 12.4 Å². The van der Waals surface area contributed by atoms with E-state index in [4.69, 9.17) is 11.3 Å². The summed E-state index contributed by atoms with van der Waals surface area (Å²) in [6, 6.07) is 2.24. The summed E-state index contributed by atoms with van der Waals surface area (Å²) < 4.78 is 45.4. The molecule has 2 N–H and O–H groups in total. The molecule has 1 aromatic carbocycles. The SMILES string of the molecule is [C-]#[N+]c1cc(C(C)Nc2ncnc3nc[nH]c23)c(OCC)c(-c2cncc(S(C)(=O)=O)c2)c1F. The second-order valence-electron chi connectivity index (χ2n) is 7.42. The summed E-state index contributed by atoms with van der Waals surface area (Å²) >= 11 is 0. The number of sulfone groups is 1. The molecule has 0 amide bonds. The average Bonchev–Trinajstić information content (AvgIpc) is 3.29. The zero-order valence-electron chi connectivity index (χ0n) is 18.5. The van der Waals surface area contributed by atoms with Crippen molar-refractivity contribution in [3.8, 4) is 16.9 Å². The molecule has 0 fully saturated rings. The fraction of sp³-hybridized carbons (Fsp3) is 0.227. The van der Waals surface area contributed by atoms with E-state index in [-0.39, 0.29) is 34.1 Å². The molecule has 0 saturated heterocycles. The van der Waals surface area contributed by atoms with Gasteiger partial charge in [-0.2, -0.15) is 0 Å². The predicted molar refractivity (Wildman–Crippen MR) is 124 cm³/mol. The molecule has 34 heavy (non-hydrogen) atoms. The Morgan fingerprint density at radius 3 is 2.76 bits per heavy atom. The van der Waals surface area contributed by atoms with Crippen LogP contribution in [0.25, 0.3) is 27.1 Å². The molecule has 10 nitrogen and oxygen atoms in total. The molecule has 3 aromatic heterocycles. The van der Waals surface area contributed by atoms with Crippen LogP contribution in [0.1, 0.15) is 25.5 Å². The number of aromatic amines is 1. The zero-order valence-corrected chi connectivity index (χ0v) is 19.3. The average molecular weight is 482 g/mol. The second-order valence-corrected chi connectivity index (χ2v) is 9.43. The third kappa shape index (κ3) is 4.25. The first kappa shape index (κ1) is 23.1. The number of halogens is 1. The molecule has 12 heteroatoms. The summed E-state index contributed by atoms with van der Waals surface area (Å²) in [6.07, 6.45) is 6.42. The van der Waals surface area contributed by atoms with E-state index in [0.717, 1.165) is 6.26 Å². The van der Waals surface area contributed by atoms with Gasteiger partial charge in [0.05, 0.1) is 36.0 Å². The number of rotatable bonds is 7. The van der Waals surface area contributed by atoms with E-state index in [1.54, 1.807) is 6.92 Å². The maximum atomic E-state index is 15.5. The van der Waals surface area contributed by atoms with Crippen molar-refractivity contribution in [1.29, 1.82) is 0 Å². The van der Waals surface area contributed by atoms with Crippen molar-refractivity contribution >= 4 is 32.5 Å². The van der Waals surface area contributed by atoms with Gasteiger partial charge < -0.3 is 15.0 Å². The predicted octanol–water partition coefficient (Wildman–Crippen LogP) is 4.08. The summed E-state index contributed by atoms with van der Waals surface area (Å²) in [5.41, 5.74) is 1.46. The van der Waals surface area contributed by atoms with E-state index >= 15 is 4.39 Å². The Balaban J connectivity index is 1.90. The number of imidazole rings is 1. The van der Waals surface area contributed by atoms with Crippen molar-refractivity contribution in [3.05, 3.63) is 60.0 Å². The molecule has 3 heterocycles. The number of hydrogen-bond donors (Lipinski definition) is 2. The third-order valence-electron chi connectivity index (χ3n) is 5.11. The van der Waals surface area contributed by atoms with Gasteiger partial charge in [-0.3, -0.25) is 4.98 Å². The highest BCUT2D eigenvalue weighted by Crippen LogP contribution is 2.44. The number of H-pyrrole nitrogens is 1. The summed E-state index contributed by atoms with van der Waals surface area (Å²) in [7, 11) is -3.59. The zero-order chi connectivity index (χ0) is 24.5. The van der Waals surface area contributed by atoms with E-state index in [1.165, 1.54) is 37.2 Å². The number of pyridine rings is 1. The summed E-state index contributed by atoms with van der Waals surface area (Å²) in [5.74, 6) is -0.178. The van der Waals surface area contributed by atoms with E-state index in [2.05, 4.69) is 35.1 Å². The molecule has 174 valence electrons. The van der Waals surface area contributed by atoms with Crippen LogP contribution in [-0.4, -0.2) is 46.2 Å². The fourth-order valence-corrected chi connectivity index (χ4v) is 4.12. The lowest BCUT2D eigenvalue weighted by molar-refractivity contribution is 0.335. The first-order chi connectivity index (χ1) is 16.2. The standard InChI is InChI=1S/C22H20FN7O3S/c1-5-33-20-15(12(2)30-22-19-21(27-10-26-19)28-11-29-22)7-16(24-3)18(23)17(20)13-6-14(9-25-8-13)34(4,31)32/h6-12H,5H2,1-2,4H3,(H2,26,27,28,29,30). The summed E-state index contributed by atoms with van der Waals surface area (Å²) in [5, 5.41) is 3.23. The molecule has 1 atom stereocenters.